The molecule has 3 rings (SSSR count). The van der Waals surface area contributed by atoms with Gasteiger partial charge in [-0.2, -0.15) is 13.2 Å². The quantitative estimate of drug-likeness (QED) is 0.819. The van der Waals surface area contributed by atoms with E-state index in [-0.39, 0.29) is 11.9 Å². The van der Waals surface area contributed by atoms with E-state index in [9.17, 15) is 17.6 Å². The third-order valence-corrected chi connectivity index (χ3v) is 4.55. The normalized spacial score (nSPS) is 18.1. The van der Waals surface area contributed by atoms with E-state index in [1.807, 2.05) is 4.90 Å². The summed E-state index contributed by atoms with van der Waals surface area (Å²) in [7, 11) is 0. The first kappa shape index (κ1) is 18.4. The lowest BCUT2D eigenvalue weighted by Crippen LogP contribution is -2.43. The Morgan fingerprint density at radius 3 is 2.46 bits per heavy atom. The second-order valence-corrected chi connectivity index (χ2v) is 6.52. The number of benzene rings is 1. The molecule has 1 aromatic carbocycles. The van der Waals surface area contributed by atoms with Gasteiger partial charge in [-0.25, -0.2) is 14.4 Å². The maximum atomic E-state index is 13.1. The summed E-state index contributed by atoms with van der Waals surface area (Å²) in [5.41, 5.74) is 1.76. The smallest absolute Gasteiger partial charge is 0.381 e. The van der Waals surface area contributed by atoms with Crippen LogP contribution in [0.3, 0.4) is 0 Å². The second-order valence-electron chi connectivity index (χ2n) is 6.52. The van der Waals surface area contributed by atoms with Crippen molar-refractivity contribution in [2.45, 2.75) is 38.9 Å². The van der Waals surface area contributed by atoms with E-state index in [2.05, 4.69) is 15.3 Å². The lowest BCUT2D eigenvalue weighted by atomic mass is 10.0. The first-order valence-corrected chi connectivity index (χ1v) is 8.43. The maximum absolute atomic E-state index is 13.1. The molecule has 0 amide bonds. The number of aryl methyl sites for hydroxylation is 1. The number of nitrogens with zero attached hydrogens (tertiary/aromatic N) is 3. The number of hydrogen-bond acceptors (Lipinski definition) is 4. The molecule has 0 aliphatic carbocycles. The summed E-state index contributed by atoms with van der Waals surface area (Å²) in [4.78, 5) is 9.24. The highest BCUT2D eigenvalue weighted by Crippen LogP contribution is 2.31. The highest BCUT2D eigenvalue weighted by molar-refractivity contribution is 5.50. The van der Waals surface area contributed by atoms with Crippen molar-refractivity contribution in [1.29, 1.82) is 0 Å². The minimum atomic E-state index is -4.57. The summed E-state index contributed by atoms with van der Waals surface area (Å²) in [6.07, 6.45) is -2.87. The van der Waals surface area contributed by atoms with Crippen LogP contribution in [0.5, 0.6) is 0 Å². The predicted octanol–water partition coefficient (Wildman–Crippen LogP) is 4.33. The van der Waals surface area contributed by atoms with Crippen LogP contribution in [0.1, 0.15) is 29.9 Å². The van der Waals surface area contributed by atoms with Crippen LogP contribution in [0.25, 0.3) is 0 Å². The molecular formula is C18H20F4N4. The summed E-state index contributed by atoms with van der Waals surface area (Å²) in [6.45, 7) is 4.46. The number of nitrogens with one attached hydrogen (secondary N) is 1. The topological polar surface area (TPSA) is 41.1 Å². The monoisotopic (exact) mass is 368 g/mol. The molecule has 1 saturated heterocycles. The molecule has 0 unspecified atom stereocenters. The van der Waals surface area contributed by atoms with E-state index in [1.165, 1.54) is 12.1 Å². The maximum Gasteiger partial charge on any atom is 0.451 e. The number of hydrogen-bond donors (Lipinski definition) is 1. The van der Waals surface area contributed by atoms with Crippen molar-refractivity contribution >= 4 is 11.5 Å². The van der Waals surface area contributed by atoms with E-state index in [4.69, 9.17) is 0 Å². The van der Waals surface area contributed by atoms with Crippen molar-refractivity contribution in [3.05, 3.63) is 47.2 Å². The Kier molecular flexibility index (Phi) is 5.02. The molecule has 1 aliphatic heterocycles. The van der Waals surface area contributed by atoms with Crippen molar-refractivity contribution in [3.63, 3.8) is 0 Å². The molecule has 8 heteroatoms. The molecule has 2 aromatic rings. The third-order valence-electron chi connectivity index (χ3n) is 4.55. The van der Waals surface area contributed by atoms with Crippen molar-refractivity contribution < 1.29 is 17.6 Å². The third kappa shape index (κ3) is 4.05. The van der Waals surface area contributed by atoms with E-state index < -0.39 is 12.0 Å². The highest BCUT2D eigenvalue weighted by atomic mass is 19.4. The van der Waals surface area contributed by atoms with Gasteiger partial charge in [0.05, 0.1) is 0 Å². The molecule has 26 heavy (non-hydrogen) atoms. The molecular weight excluding hydrogens is 348 g/mol. The van der Waals surface area contributed by atoms with Gasteiger partial charge >= 0.3 is 6.18 Å². The molecule has 1 atom stereocenters. The number of aromatic nitrogens is 2. The molecule has 0 saturated carbocycles. The molecule has 1 N–H and O–H groups in total. The molecule has 1 aliphatic rings. The van der Waals surface area contributed by atoms with Gasteiger partial charge in [-0.3, -0.25) is 0 Å². The molecule has 0 bridgehead atoms. The molecule has 4 nitrogen and oxygen atoms in total. The van der Waals surface area contributed by atoms with Crippen LogP contribution in [0, 0.1) is 19.7 Å². The SMILES string of the molecule is Cc1nc(C(F)(F)F)nc(N2CCC[C@H](Nc3ccc(F)cc3)C2)c1C. The molecule has 2 heterocycles. The number of halogens is 4. The summed E-state index contributed by atoms with van der Waals surface area (Å²) in [5.74, 6) is -1.09. The van der Waals surface area contributed by atoms with Crippen LogP contribution in [0.2, 0.25) is 0 Å². The number of alkyl halides is 3. The fourth-order valence-electron chi connectivity index (χ4n) is 3.12. The van der Waals surface area contributed by atoms with Gasteiger partial charge in [0.1, 0.15) is 11.6 Å². The van der Waals surface area contributed by atoms with Gasteiger partial charge in [-0.05, 0) is 51.0 Å². The Morgan fingerprint density at radius 2 is 1.81 bits per heavy atom. The molecule has 140 valence electrons. The minimum absolute atomic E-state index is 0.0400. The zero-order valence-corrected chi connectivity index (χ0v) is 14.6. The minimum Gasteiger partial charge on any atom is -0.381 e. The molecule has 0 spiro atoms. The van der Waals surface area contributed by atoms with E-state index in [0.717, 1.165) is 18.5 Å². The Hall–Kier alpha value is -2.38. The Bertz CT molecular complexity index is 774. The number of anilines is 2. The highest BCUT2D eigenvalue weighted by Gasteiger charge is 2.36. The predicted molar refractivity (Wildman–Crippen MR) is 91.8 cm³/mol. The van der Waals surface area contributed by atoms with Crippen LogP contribution in [0.4, 0.5) is 29.1 Å². The summed E-state index contributed by atoms with van der Waals surface area (Å²) in [5, 5.41) is 3.31. The van der Waals surface area contributed by atoms with Gasteiger partial charge in [0.2, 0.25) is 5.82 Å². The van der Waals surface area contributed by atoms with Crippen LogP contribution in [-0.2, 0) is 6.18 Å². The van der Waals surface area contributed by atoms with Crippen LogP contribution in [-0.4, -0.2) is 29.1 Å². The fraction of sp³-hybridized carbons (Fsp3) is 0.444. The van der Waals surface area contributed by atoms with Crippen LogP contribution >= 0.6 is 0 Å². The van der Waals surface area contributed by atoms with Gasteiger partial charge in [-0.1, -0.05) is 0 Å². The van der Waals surface area contributed by atoms with Crippen LogP contribution in [0.15, 0.2) is 24.3 Å². The van der Waals surface area contributed by atoms with E-state index >= 15 is 0 Å². The van der Waals surface area contributed by atoms with Gasteiger partial charge in [0.15, 0.2) is 0 Å². The lowest BCUT2D eigenvalue weighted by Gasteiger charge is -2.35. The van der Waals surface area contributed by atoms with Crippen molar-refractivity contribution in [2.75, 3.05) is 23.3 Å². The van der Waals surface area contributed by atoms with Gasteiger partial charge in [-0.15, -0.1) is 0 Å². The average molecular weight is 368 g/mol. The first-order chi connectivity index (χ1) is 12.2. The summed E-state index contributed by atoms with van der Waals surface area (Å²) >= 11 is 0. The second kappa shape index (κ2) is 7.09. The molecule has 1 fully saturated rings. The molecule has 1 aromatic heterocycles. The zero-order valence-electron chi connectivity index (χ0n) is 14.6. The summed E-state index contributed by atoms with van der Waals surface area (Å²) < 4.78 is 52.2. The lowest BCUT2D eigenvalue weighted by molar-refractivity contribution is -0.145. The Labute approximate surface area is 149 Å². The average Bonchev–Trinajstić information content (AvgIpc) is 2.58. The summed E-state index contributed by atoms with van der Waals surface area (Å²) in [6, 6.07) is 6.08. The number of rotatable bonds is 3. The largest absolute Gasteiger partial charge is 0.451 e. The number of piperidine rings is 1. The van der Waals surface area contributed by atoms with E-state index in [0.29, 0.717) is 30.2 Å². The zero-order chi connectivity index (χ0) is 18.9. The van der Waals surface area contributed by atoms with Crippen molar-refractivity contribution in [2.24, 2.45) is 0 Å². The fourth-order valence-corrected chi connectivity index (χ4v) is 3.12. The van der Waals surface area contributed by atoms with Crippen LogP contribution < -0.4 is 10.2 Å². The Morgan fingerprint density at radius 1 is 1.12 bits per heavy atom. The standard InChI is InChI=1S/C18H20F4N4/c1-11-12(2)23-17(18(20,21)22)25-16(11)26-9-3-4-15(10-26)24-14-7-5-13(19)6-8-14/h5-8,15,24H,3-4,9-10H2,1-2H3/t15-/m0/s1. The van der Waals surface area contributed by atoms with Gasteiger partial charge in [0.25, 0.3) is 0 Å². The van der Waals surface area contributed by atoms with E-state index in [1.54, 1.807) is 26.0 Å². The van der Waals surface area contributed by atoms with Crippen molar-refractivity contribution in [1.82, 2.24) is 9.97 Å². The Balaban J connectivity index is 1.81. The van der Waals surface area contributed by atoms with Gasteiger partial charge < -0.3 is 10.2 Å². The van der Waals surface area contributed by atoms with Crippen molar-refractivity contribution in [3.8, 4) is 0 Å². The van der Waals surface area contributed by atoms with Gasteiger partial charge in [0, 0.05) is 36.1 Å². The first-order valence-electron chi connectivity index (χ1n) is 8.43. The molecule has 0 radical (unpaired) electrons.